The van der Waals surface area contributed by atoms with E-state index in [2.05, 4.69) is 15.3 Å². The van der Waals surface area contributed by atoms with Gasteiger partial charge in [-0.1, -0.05) is 0 Å². The first-order valence-electron chi connectivity index (χ1n) is 5.35. The van der Waals surface area contributed by atoms with Gasteiger partial charge >= 0.3 is 0 Å². The SMILES string of the molecule is CNc1ncnc(N2CC(O)C(O)C2)c1OC. The highest BCUT2D eigenvalue weighted by molar-refractivity contribution is 5.65. The van der Waals surface area contributed by atoms with Gasteiger partial charge in [0.25, 0.3) is 0 Å². The minimum Gasteiger partial charge on any atom is -0.490 e. The number of aliphatic hydroxyl groups excluding tert-OH is 2. The summed E-state index contributed by atoms with van der Waals surface area (Å²) < 4.78 is 5.26. The summed E-state index contributed by atoms with van der Waals surface area (Å²) in [6.07, 6.45) is -0.0961. The normalized spacial score (nSPS) is 23.9. The Morgan fingerprint density at radius 3 is 2.53 bits per heavy atom. The molecule has 7 nitrogen and oxygen atoms in total. The average molecular weight is 240 g/mol. The van der Waals surface area contributed by atoms with Crippen molar-refractivity contribution in [1.82, 2.24) is 9.97 Å². The van der Waals surface area contributed by atoms with Gasteiger partial charge in [-0.3, -0.25) is 0 Å². The van der Waals surface area contributed by atoms with Gasteiger partial charge in [-0.15, -0.1) is 0 Å². The number of ether oxygens (including phenoxy) is 1. The molecule has 2 heterocycles. The first-order valence-corrected chi connectivity index (χ1v) is 5.35. The molecule has 2 unspecified atom stereocenters. The van der Waals surface area contributed by atoms with Crippen LogP contribution in [0, 0.1) is 0 Å². The summed E-state index contributed by atoms with van der Waals surface area (Å²) in [6, 6.07) is 0. The third-order valence-electron chi connectivity index (χ3n) is 2.78. The van der Waals surface area contributed by atoms with Crippen LogP contribution in [0.4, 0.5) is 11.6 Å². The molecule has 2 atom stereocenters. The lowest BCUT2D eigenvalue weighted by Crippen LogP contribution is -2.23. The fourth-order valence-corrected chi connectivity index (χ4v) is 1.90. The second-order valence-electron chi connectivity index (χ2n) is 3.87. The molecule has 94 valence electrons. The van der Waals surface area contributed by atoms with Crippen molar-refractivity contribution < 1.29 is 14.9 Å². The Labute approximate surface area is 99.1 Å². The predicted molar refractivity (Wildman–Crippen MR) is 62.4 cm³/mol. The number of nitrogens with one attached hydrogen (secondary N) is 1. The fourth-order valence-electron chi connectivity index (χ4n) is 1.90. The highest BCUT2D eigenvalue weighted by Crippen LogP contribution is 2.33. The Morgan fingerprint density at radius 1 is 1.35 bits per heavy atom. The number of hydrogen-bond donors (Lipinski definition) is 3. The number of hydrogen-bond acceptors (Lipinski definition) is 7. The second-order valence-corrected chi connectivity index (χ2v) is 3.87. The maximum Gasteiger partial charge on any atom is 0.204 e. The van der Waals surface area contributed by atoms with E-state index in [4.69, 9.17) is 4.74 Å². The van der Waals surface area contributed by atoms with Gasteiger partial charge in [0.1, 0.15) is 6.33 Å². The molecule has 0 amide bonds. The molecule has 1 aromatic heterocycles. The molecule has 1 aromatic rings. The number of aromatic nitrogens is 2. The van der Waals surface area contributed by atoms with Crippen molar-refractivity contribution in [3.63, 3.8) is 0 Å². The maximum atomic E-state index is 9.53. The summed E-state index contributed by atoms with van der Waals surface area (Å²) >= 11 is 0. The molecule has 0 aromatic carbocycles. The molecule has 0 bridgehead atoms. The molecule has 1 saturated heterocycles. The van der Waals surface area contributed by atoms with E-state index in [1.807, 2.05) is 0 Å². The first kappa shape index (κ1) is 11.9. The lowest BCUT2D eigenvalue weighted by Gasteiger charge is -2.20. The van der Waals surface area contributed by atoms with Gasteiger partial charge in [-0.25, -0.2) is 9.97 Å². The smallest absolute Gasteiger partial charge is 0.204 e. The van der Waals surface area contributed by atoms with Gasteiger partial charge in [0, 0.05) is 20.1 Å². The van der Waals surface area contributed by atoms with Crippen molar-refractivity contribution >= 4 is 11.6 Å². The molecule has 0 radical (unpaired) electrons. The van der Waals surface area contributed by atoms with Crippen LogP contribution >= 0.6 is 0 Å². The van der Waals surface area contributed by atoms with Crippen LogP contribution in [0.15, 0.2) is 6.33 Å². The van der Waals surface area contributed by atoms with E-state index >= 15 is 0 Å². The highest BCUT2D eigenvalue weighted by Gasteiger charge is 2.32. The quantitative estimate of drug-likeness (QED) is 0.628. The van der Waals surface area contributed by atoms with Crippen molar-refractivity contribution in [1.29, 1.82) is 0 Å². The number of rotatable bonds is 3. The van der Waals surface area contributed by atoms with Gasteiger partial charge in [-0.05, 0) is 0 Å². The van der Waals surface area contributed by atoms with E-state index in [1.54, 1.807) is 11.9 Å². The van der Waals surface area contributed by atoms with Crippen molar-refractivity contribution in [3.8, 4) is 5.75 Å². The number of anilines is 2. The van der Waals surface area contributed by atoms with Crippen molar-refractivity contribution in [2.24, 2.45) is 0 Å². The molecule has 2 rings (SSSR count). The van der Waals surface area contributed by atoms with E-state index < -0.39 is 12.2 Å². The molecular formula is C10H16N4O3. The van der Waals surface area contributed by atoms with E-state index in [9.17, 15) is 10.2 Å². The van der Waals surface area contributed by atoms with Gasteiger partial charge in [-0.2, -0.15) is 0 Å². The standard InChI is InChI=1S/C10H16N4O3/c1-11-9-8(17-2)10(13-5-12-9)14-3-6(15)7(16)4-14/h5-7,15-16H,3-4H2,1-2H3,(H,11,12,13). The lowest BCUT2D eigenvalue weighted by molar-refractivity contribution is 0.0572. The van der Waals surface area contributed by atoms with Crippen LogP contribution in [0.2, 0.25) is 0 Å². The average Bonchev–Trinajstić information content (AvgIpc) is 2.68. The molecule has 0 spiro atoms. The van der Waals surface area contributed by atoms with Crippen LogP contribution in [-0.2, 0) is 0 Å². The number of aliphatic hydroxyl groups is 2. The predicted octanol–water partition coefficient (Wildman–Crippen LogP) is -0.931. The number of β-amino-alcohol motifs (C(OH)–C–C–N with tert-alkyl or cyclic N) is 2. The molecular weight excluding hydrogens is 224 g/mol. The van der Waals surface area contributed by atoms with E-state index in [-0.39, 0.29) is 0 Å². The van der Waals surface area contributed by atoms with Gasteiger partial charge in [0.05, 0.1) is 19.3 Å². The Balaban J connectivity index is 2.32. The minimum atomic E-state index is -0.757. The minimum absolute atomic E-state index is 0.331. The summed E-state index contributed by atoms with van der Waals surface area (Å²) in [5, 5.41) is 22.0. The van der Waals surface area contributed by atoms with E-state index in [0.717, 1.165) is 0 Å². The number of methoxy groups -OCH3 is 1. The lowest BCUT2D eigenvalue weighted by atomic mass is 10.3. The molecule has 3 N–H and O–H groups in total. The van der Waals surface area contributed by atoms with Crippen molar-refractivity contribution in [2.45, 2.75) is 12.2 Å². The van der Waals surface area contributed by atoms with Crippen LogP contribution in [-0.4, -0.2) is 59.6 Å². The second kappa shape index (κ2) is 4.72. The molecule has 1 aliphatic heterocycles. The Bertz CT molecular complexity index is 391. The van der Waals surface area contributed by atoms with Crippen LogP contribution in [0.5, 0.6) is 5.75 Å². The molecule has 17 heavy (non-hydrogen) atoms. The summed E-state index contributed by atoms with van der Waals surface area (Å²) in [4.78, 5) is 9.95. The monoisotopic (exact) mass is 240 g/mol. The van der Waals surface area contributed by atoms with Gasteiger partial charge in [0.15, 0.2) is 11.6 Å². The summed E-state index contributed by atoms with van der Waals surface area (Å²) in [5.41, 5.74) is 0. The Morgan fingerprint density at radius 2 is 2.00 bits per heavy atom. The zero-order valence-corrected chi connectivity index (χ0v) is 9.79. The van der Waals surface area contributed by atoms with Crippen LogP contribution < -0.4 is 15.0 Å². The topological polar surface area (TPSA) is 90.7 Å². The summed E-state index contributed by atoms with van der Waals surface area (Å²) in [7, 11) is 3.27. The molecule has 7 heteroatoms. The first-order chi connectivity index (χ1) is 8.17. The Kier molecular flexibility index (Phi) is 3.30. The van der Waals surface area contributed by atoms with E-state index in [1.165, 1.54) is 13.4 Å². The van der Waals surface area contributed by atoms with Crippen LogP contribution in [0.25, 0.3) is 0 Å². The summed E-state index contributed by atoms with van der Waals surface area (Å²) in [6.45, 7) is 0.662. The van der Waals surface area contributed by atoms with Crippen LogP contribution in [0.3, 0.4) is 0 Å². The maximum absolute atomic E-state index is 9.53. The fraction of sp³-hybridized carbons (Fsp3) is 0.600. The highest BCUT2D eigenvalue weighted by atomic mass is 16.5. The van der Waals surface area contributed by atoms with Crippen molar-refractivity contribution in [2.75, 3.05) is 37.5 Å². The van der Waals surface area contributed by atoms with Crippen LogP contribution in [0.1, 0.15) is 0 Å². The molecule has 0 aliphatic carbocycles. The number of nitrogens with zero attached hydrogens (tertiary/aromatic N) is 3. The zero-order valence-electron chi connectivity index (χ0n) is 9.79. The summed E-state index contributed by atoms with van der Waals surface area (Å²) in [5.74, 6) is 1.66. The third-order valence-corrected chi connectivity index (χ3v) is 2.78. The zero-order chi connectivity index (χ0) is 12.4. The van der Waals surface area contributed by atoms with Gasteiger partial charge < -0.3 is 25.2 Å². The van der Waals surface area contributed by atoms with Crippen molar-refractivity contribution in [3.05, 3.63) is 6.33 Å². The molecule has 1 fully saturated rings. The molecule has 1 aliphatic rings. The Hall–Kier alpha value is -1.60. The van der Waals surface area contributed by atoms with Gasteiger partial charge in [0.2, 0.25) is 5.75 Å². The third kappa shape index (κ3) is 2.11. The van der Waals surface area contributed by atoms with E-state index in [0.29, 0.717) is 30.5 Å². The largest absolute Gasteiger partial charge is 0.490 e. The molecule has 0 saturated carbocycles.